The Morgan fingerprint density at radius 2 is 2.00 bits per heavy atom. The third-order valence-electron chi connectivity index (χ3n) is 3.55. The van der Waals surface area contributed by atoms with Gasteiger partial charge in [-0.15, -0.1) is 24.8 Å². The van der Waals surface area contributed by atoms with E-state index in [4.69, 9.17) is 5.73 Å². The van der Waals surface area contributed by atoms with Gasteiger partial charge < -0.3 is 15.6 Å². The predicted octanol–water partition coefficient (Wildman–Crippen LogP) is 2.11. The summed E-state index contributed by atoms with van der Waals surface area (Å²) in [5.41, 5.74) is 7.18. The average molecular weight is 335 g/mol. The van der Waals surface area contributed by atoms with Gasteiger partial charge in [-0.1, -0.05) is 0 Å². The van der Waals surface area contributed by atoms with Crippen LogP contribution in [0.3, 0.4) is 0 Å². The molecule has 2 aromatic rings. The molecule has 1 aliphatic rings. The van der Waals surface area contributed by atoms with Gasteiger partial charge in [0.05, 0.1) is 17.4 Å². The van der Waals surface area contributed by atoms with Crippen LogP contribution in [0.2, 0.25) is 0 Å². The molecule has 5 nitrogen and oxygen atoms in total. The minimum atomic E-state index is -0.436. The smallest absolute Gasteiger partial charge is 0.256 e. The van der Waals surface area contributed by atoms with Gasteiger partial charge in [-0.3, -0.25) is 4.79 Å². The highest BCUT2D eigenvalue weighted by Crippen LogP contribution is 2.20. The summed E-state index contributed by atoms with van der Waals surface area (Å²) in [6, 6.07) is 2.74. The van der Waals surface area contributed by atoms with Crippen molar-refractivity contribution < 1.29 is 9.18 Å². The van der Waals surface area contributed by atoms with E-state index in [0.717, 1.165) is 12.8 Å². The number of piperidine rings is 1. The summed E-state index contributed by atoms with van der Waals surface area (Å²) in [7, 11) is 0. The average Bonchev–Trinajstić information content (AvgIpc) is 2.85. The Kier molecular flexibility index (Phi) is 5.95. The number of nitrogens with two attached hydrogens (primary N) is 1. The van der Waals surface area contributed by atoms with E-state index >= 15 is 0 Å². The van der Waals surface area contributed by atoms with E-state index in [1.807, 2.05) is 0 Å². The molecule has 3 rings (SSSR count). The molecule has 1 saturated heterocycles. The number of halogens is 3. The SMILES string of the molecule is Cl.Cl.NC1CCN(C(=O)c2cc(F)cc3[nH]cnc23)CC1. The van der Waals surface area contributed by atoms with Crippen LogP contribution in [-0.4, -0.2) is 39.9 Å². The molecular formula is C13H17Cl2FN4O. The van der Waals surface area contributed by atoms with Gasteiger partial charge in [-0.05, 0) is 25.0 Å². The molecule has 0 aliphatic carbocycles. The molecule has 1 aliphatic heterocycles. The van der Waals surface area contributed by atoms with Crippen molar-refractivity contribution in [3.8, 4) is 0 Å². The number of imidazole rings is 1. The van der Waals surface area contributed by atoms with Crippen molar-refractivity contribution >= 4 is 41.8 Å². The topological polar surface area (TPSA) is 75.0 Å². The fourth-order valence-electron chi connectivity index (χ4n) is 2.45. The van der Waals surface area contributed by atoms with Gasteiger partial charge >= 0.3 is 0 Å². The first-order valence-corrected chi connectivity index (χ1v) is 6.32. The van der Waals surface area contributed by atoms with E-state index in [0.29, 0.717) is 29.7 Å². The third-order valence-corrected chi connectivity index (χ3v) is 3.55. The normalized spacial score (nSPS) is 15.4. The number of nitrogens with zero attached hydrogens (tertiary/aromatic N) is 2. The zero-order chi connectivity index (χ0) is 13.4. The van der Waals surface area contributed by atoms with Crippen molar-refractivity contribution in [1.82, 2.24) is 14.9 Å². The highest BCUT2D eigenvalue weighted by atomic mass is 35.5. The van der Waals surface area contributed by atoms with E-state index in [9.17, 15) is 9.18 Å². The quantitative estimate of drug-likeness (QED) is 0.838. The number of benzene rings is 1. The number of likely N-dealkylation sites (tertiary alicyclic amines) is 1. The van der Waals surface area contributed by atoms with E-state index < -0.39 is 5.82 Å². The van der Waals surface area contributed by atoms with Crippen LogP contribution < -0.4 is 5.73 Å². The summed E-state index contributed by atoms with van der Waals surface area (Å²) in [6.45, 7) is 1.23. The van der Waals surface area contributed by atoms with E-state index in [1.165, 1.54) is 18.5 Å². The first kappa shape index (κ1) is 17.7. The number of hydrogen-bond donors (Lipinski definition) is 2. The zero-order valence-corrected chi connectivity index (χ0v) is 12.8. The van der Waals surface area contributed by atoms with Crippen LogP contribution in [0, 0.1) is 5.82 Å². The van der Waals surface area contributed by atoms with Gasteiger partial charge in [0.2, 0.25) is 0 Å². The molecule has 0 bridgehead atoms. The summed E-state index contributed by atoms with van der Waals surface area (Å²) < 4.78 is 13.5. The van der Waals surface area contributed by atoms with Crippen molar-refractivity contribution in [1.29, 1.82) is 0 Å². The lowest BCUT2D eigenvalue weighted by Gasteiger charge is -2.30. The van der Waals surface area contributed by atoms with Crippen molar-refractivity contribution in [3.63, 3.8) is 0 Å². The highest BCUT2D eigenvalue weighted by Gasteiger charge is 2.24. The van der Waals surface area contributed by atoms with Gasteiger partial charge in [-0.25, -0.2) is 9.37 Å². The van der Waals surface area contributed by atoms with E-state index in [-0.39, 0.29) is 36.8 Å². The van der Waals surface area contributed by atoms with Gasteiger partial charge in [0.15, 0.2) is 0 Å². The van der Waals surface area contributed by atoms with Gasteiger partial charge in [0.25, 0.3) is 5.91 Å². The molecule has 0 radical (unpaired) electrons. The molecular weight excluding hydrogens is 318 g/mol. The number of aromatic nitrogens is 2. The Hall–Kier alpha value is -1.37. The van der Waals surface area contributed by atoms with Crippen molar-refractivity contribution in [3.05, 3.63) is 29.8 Å². The lowest BCUT2D eigenvalue weighted by Crippen LogP contribution is -2.42. The first-order valence-electron chi connectivity index (χ1n) is 6.32. The second-order valence-corrected chi connectivity index (χ2v) is 4.88. The monoisotopic (exact) mass is 334 g/mol. The van der Waals surface area contributed by atoms with Crippen LogP contribution >= 0.6 is 24.8 Å². The fourth-order valence-corrected chi connectivity index (χ4v) is 2.45. The van der Waals surface area contributed by atoms with Crippen molar-refractivity contribution in [2.24, 2.45) is 5.73 Å². The Morgan fingerprint density at radius 1 is 1.33 bits per heavy atom. The third kappa shape index (κ3) is 3.45. The van der Waals surface area contributed by atoms with Crippen LogP contribution in [0.4, 0.5) is 4.39 Å². The Labute approximate surface area is 133 Å². The molecule has 3 N–H and O–H groups in total. The maximum atomic E-state index is 13.5. The number of amides is 1. The molecule has 116 valence electrons. The molecule has 8 heteroatoms. The fraction of sp³-hybridized carbons (Fsp3) is 0.385. The van der Waals surface area contributed by atoms with Crippen LogP contribution in [0.1, 0.15) is 23.2 Å². The molecule has 0 saturated carbocycles. The van der Waals surface area contributed by atoms with Gasteiger partial charge in [0.1, 0.15) is 11.3 Å². The zero-order valence-electron chi connectivity index (χ0n) is 11.2. The number of hydrogen-bond acceptors (Lipinski definition) is 3. The molecule has 21 heavy (non-hydrogen) atoms. The Bertz CT molecular complexity index is 626. The molecule has 0 spiro atoms. The summed E-state index contributed by atoms with van der Waals surface area (Å²) in [5.74, 6) is -0.614. The van der Waals surface area contributed by atoms with Crippen molar-refractivity contribution in [2.45, 2.75) is 18.9 Å². The minimum absolute atomic E-state index is 0. The number of carbonyl (C=O) groups is 1. The number of rotatable bonds is 1. The Morgan fingerprint density at radius 3 is 2.67 bits per heavy atom. The largest absolute Gasteiger partial charge is 0.344 e. The summed E-state index contributed by atoms with van der Waals surface area (Å²) in [4.78, 5) is 21.1. The van der Waals surface area contributed by atoms with Crippen LogP contribution in [-0.2, 0) is 0 Å². The van der Waals surface area contributed by atoms with Crippen molar-refractivity contribution in [2.75, 3.05) is 13.1 Å². The first-order chi connectivity index (χ1) is 9.15. The number of H-pyrrole nitrogens is 1. The minimum Gasteiger partial charge on any atom is -0.344 e. The highest BCUT2D eigenvalue weighted by molar-refractivity contribution is 6.04. The predicted molar refractivity (Wildman–Crippen MR) is 83.7 cm³/mol. The summed E-state index contributed by atoms with van der Waals surface area (Å²) >= 11 is 0. The number of nitrogens with one attached hydrogen (secondary N) is 1. The molecule has 1 amide bonds. The summed E-state index contributed by atoms with van der Waals surface area (Å²) in [6.07, 6.45) is 3.03. The lowest BCUT2D eigenvalue weighted by molar-refractivity contribution is 0.0716. The van der Waals surface area contributed by atoms with E-state index in [1.54, 1.807) is 4.90 Å². The molecule has 0 unspecified atom stereocenters. The second kappa shape index (κ2) is 7.06. The van der Waals surface area contributed by atoms with Crippen LogP contribution in [0.15, 0.2) is 18.5 Å². The number of fused-ring (bicyclic) bond motifs is 1. The standard InChI is InChI=1S/C13H15FN4O.2ClH/c14-8-5-10(12-11(6-8)16-7-17-12)13(19)18-3-1-9(15)2-4-18;;/h5-7,9H,1-4,15H2,(H,16,17);2*1H. The Balaban J connectivity index is 0.00000110. The molecule has 1 aromatic carbocycles. The number of aromatic amines is 1. The number of carbonyl (C=O) groups excluding carboxylic acids is 1. The molecule has 2 heterocycles. The second-order valence-electron chi connectivity index (χ2n) is 4.88. The van der Waals surface area contributed by atoms with Crippen LogP contribution in [0.5, 0.6) is 0 Å². The molecule has 1 fully saturated rings. The maximum Gasteiger partial charge on any atom is 0.256 e. The molecule has 1 aromatic heterocycles. The van der Waals surface area contributed by atoms with E-state index in [2.05, 4.69) is 9.97 Å². The van der Waals surface area contributed by atoms with Crippen LogP contribution in [0.25, 0.3) is 11.0 Å². The molecule has 0 atom stereocenters. The van der Waals surface area contributed by atoms with Gasteiger partial charge in [0, 0.05) is 19.1 Å². The summed E-state index contributed by atoms with van der Waals surface area (Å²) in [5, 5.41) is 0. The lowest BCUT2D eigenvalue weighted by atomic mass is 10.0. The van der Waals surface area contributed by atoms with Gasteiger partial charge in [-0.2, -0.15) is 0 Å². The maximum absolute atomic E-state index is 13.5.